The second kappa shape index (κ2) is 68.6. The van der Waals surface area contributed by atoms with Crippen molar-refractivity contribution < 1.29 is 28.6 Å². The Labute approximate surface area is 498 Å². The van der Waals surface area contributed by atoms with Crippen LogP contribution < -0.4 is 0 Å². The van der Waals surface area contributed by atoms with E-state index in [4.69, 9.17) is 14.2 Å². The SMILES string of the molecule is CC/C=C\C/C=C\C/C=C\C/C=C\CCCCCCC(=O)OC(COC(=O)CCCCCCCCCCCCCCCC)COC(=O)CCCCCCCCCCCCCCCCCCCCC/C=C\CCCCCCCCCC. The smallest absolute Gasteiger partial charge is 0.306 e. The molecule has 1 atom stereocenters. The summed E-state index contributed by atoms with van der Waals surface area (Å²) in [5, 5.41) is 0. The molecule has 6 heteroatoms. The van der Waals surface area contributed by atoms with Gasteiger partial charge in [-0.1, -0.05) is 332 Å². The third kappa shape index (κ3) is 65.9. The molecule has 6 nitrogen and oxygen atoms in total. The molecule has 0 saturated heterocycles. The highest BCUT2D eigenvalue weighted by molar-refractivity contribution is 5.71. The molecule has 0 aliphatic heterocycles. The number of allylic oxidation sites excluding steroid dienone is 10. The summed E-state index contributed by atoms with van der Waals surface area (Å²) >= 11 is 0. The van der Waals surface area contributed by atoms with Crippen molar-refractivity contribution in [3.8, 4) is 0 Å². The van der Waals surface area contributed by atoms with E-state index in [1.807, 2.05) is 0 Å². The van der Waals surface area contributed by atoms with Crippen LogP contribution in [0.3, 0.4) is 0 Å². The molecule has 1 unspecified atom stereocenters. The number of hydrogen-bond donors (Lipinski definition) is 0. The molecule has 0 rings (SSSR count). The summed E-state index contributed by atoms with van der Waals surface area (Å²) < 4.78 is 17.0. The van der Waals surface area contributed by atoms with Crippen LogP contribution in [0.15, 0.2) is 60.8 Å². The summed E-state index contributed by atoms with van der Waals surface area (Å²) in [5.41, 5.74) is 0. The molecular weight excluding hydrogens is 985 g/mol. The van der Waals surface area contributed by atoms with Gasteiger partial charge in [0.2, 0.25) is 0 Å². The Balaban J connectivity index is 4.18. The lowest BCUT2D eigenvalue weighted by molar-refractivity contribution is -0.167. The van der Waals surface area contributed by atoms with Gasteiger partial charge in [0.15, 0.2) is 6.10 Å². The molecule has 80 heavy (non-hydrogen) atoms. The number of rotatable bonds is 65. The highest BCUT2D eigenvalue weighted by atomic mass is 16.6. The first-order valence-corrected chi connectivity index (χ1v) is 35.3. The van der Waals surface area contributed by atoms with Gasteiger partial charge in [-0.3, -0.25) is 14.4 Å². The first kappa shape index (κ1) is 77.1. The Morgan fingerprint density at radius 1 is 0.263 bits per heavy atom. The predicted molar refractivity (Wildman–Crippen MR) is 348 cm³/mol. The molecule has 0 heterocycles. The molecule has 0 radical (unpaired) electrons. The van der Waals surface area contributed by atoms with Gasteiger partial charge in [0.05, 0.1) is 0 Å². The van der Waals surface area contributed by atoms with Gasteiger partial charge >= 0.3 is 17.9 Å². The average Bonchev–Trinajstić information content (AvgIpc) is 3.46. The van der Waals surface area contributed by atoms with E-state index in [0.717, 1.165) is 96.3 Å². The molecular formula is C74H134O6. The minimum absolute atomic E-state index is 0.0797. The van der Waals surface area contributed by atoms with Gasteiger partial charge in [-0.15, -0.1) is 0 Å². The van der Waals surface area contributed by atoms with Gasteiger partial charge in [-0.2, -0.15) is 0 Å². The van der Waals surface area contributed by atoms with Crippen molar-refractivity contribution in [3.63, 3.8) is 0 Å². The number of hydrogen-bond acceptors (Lipinski definition) is 6. The fourth-order valence-electron chi connectivity index (χ4n) is 10.5. The normalized spacial score (nSPS) is 12.4. The van der Waals surface area contributed by atoms with Crippen LogP contribution in [-0.2, 0) is 28.6 Å². The lowest BCUT2D eigenvalue weighted by Gasteiger charge is -2.18. The van der Waals surface area contributed by atoms with Crippen molar-refractivity contribution in [2.75, 3.05) is 13.2 Å². The molecule has 0 amide bonds. The summed E-state index contributed by atoms with van der Waals surface area (Å²) in [7, 11) is 0. The minimum Gasteiger partial charge on any atom is -0.462 e. The molecule has 0 aromatic heterocycles. The maximum atomic E-state index is 12.9. The molecule has 466 valence electrons. The molecule has 0 aliphatic rings. The molecule has 0 N–H and O–H groups in total. The maximum absolute atomic E-state index is 12.9. The third-order valence-corrected chi connectivity index (χ3v) is 15.8. The van der Waals surface area contributed by atoms with Gasteiger partial charge in [0.25, 0.3) is 0 Å². The van der Waals surface area contributed by atoms with Gasteiger partial charge < -0.3 is 14.2 Å². The van der Waals surface area contributed by atoms with E-state index in [-0.39, 0.29) is 31.1 Å². The van der Waals surface area contributed by atoms with Gasteiger partial charge in [-0.25, -0.2) is 0 Å². The van der Waals surface area contributed by atoms with E-state index in [0.29, 0.717) is 19.3 Å². The molecule has 0 aromatic carbocycles. The van der Waals surface area contributed by atoms with Gasteiger partial charge in [0, 0.05) is 19.3 Å². The van der Waals surface area contributed by atoms with Crippen molar-refractivity contribution in [1.29, 1.82) is 0 Å². The predicted octanol–water partition coefficient (Wildman–Crippen LogP) is 24.3. The Hall–Kier alpha value is -2.89. The Kier molecular flexibility index (Phi) is 66.1. The fourth-order valence-corrected chi connectivity index (χ4v) is 10.5. The van der Waals surface area contributed by atoms with Crippen molar-refractivity contribution >= 4 is 17.9 Å². The van der Waals surface area contributed by atoms with Gasteiger partial charge in [0.1, 0.15) is 13.2 Å². The summed E-state index contributed by atoms with van der Waals surface area (Å²) in [4.78, 5) is 38.4. The van der Waals surface area contributed by atoms with Crippen molar-refractivity contribution in [1.82, 2.24) is 0 Å². The van der Waals surface area contributed by atoms with Crippen molar-refractivity contribution in [2.24, 2.45) is 0 Å². The summed E-state index contributed by atoms with van der Waals surface area (Å²) in [5.74, 6) is -0.881. The van der Waals surface area contributed by atoms with Crippen LogP contribution in [0.2, 0.25) is 0 Å². The number of carbonyl (C=O) groups is 3. The van der Waals surface area contributed by atoms with Crippen LogP contribution in [-0.4, -0.2) is 37.2 Å². The van der Waals surface area contributed by atoms with Crippen LogP contribution in [0.4, 0.5) is 0 Å². The van der Waals surface area contributed by atoms with Crippen molar-refractivity contribution in [2.45, 2.75) is 380 Å². The summed E-state index contributed by atoms with van der Waals surface area (Å²) in [6.07, 6.45) is 88.3. The molecule has 0 spiro atoms. The van der Waals surface area contributed by atoms with Crippen LogP contribution >= 0.6 is 0 Å². The van der Waals surface area contributed by atoms with E-state index in [2.05, 4.69) is 81.5 Å². The van der Waals surface area contributed by atoms with E-state index in [1.165, 1.54) is 238 Å². The zero-order valence-electron chi connectivity index (χ0n) is 53.6. The Morgan fingerprint density at radius 2 is 0.487 bits per heavy atom. The standard InChI is InChI=1S/C74H134O6/c1-4-7-10-13-16-19-22-25-28-30-31-32-33-34-35-36-37-38-39-40-41-42-43-45-46-49-52-55-58-61-64-67-73(76)79-70-71(69-78-72(75)66-63-60-57-54-51-48-27-24-21-18-15-12-9-6-3)80-74(77)68-65-62-59-56-53-50-47-44-29-26-23-20-17-14-11-8-5-2/h8,11,17,20,26,29-31,47,50,71H,4-7,9-10,12-16,18-19,21-25,27-28,32-46,48-49,51-70H2,1-3H3/b11-8-,20-17-,29-26-,31-30-,50-47-. The highest BCUT2D eigenvalue weighted by Gasteiger charge is 2.19. The number of esters is 3. The molecule has 0 saturated carbocycles. The highest BCUT2D eigenvalue weighted by Crippen LogP contribution is 2.18. The second-order valence-corrected chi connectivity index (χ2v) is 23.8. The topological polar surface area (TPSA) is 78.9 Å². The number of unbranched alkanes of at least 4 members (excludes halogenated alkanes) is 44. The average molecular weight is 1120 g/mol. The Morgan fingerprint density at radius 3 is 0.775 bits per heavy atom. The summed E-state index contributed by atoms with van der Waals surface area (Å²) in [6.45, 7) is 6.56. The fraction of sp³-hybridized carbons (Fsp3) is 0.824. The van der Waals surface area contributed by atoms with Crippen LogP contribution in [0.25, 0.3) is 0 Å². The summed E-state index contributed by atoms with van der Waals surface area (Å²) in [6, 6.07) is 0. The van der Waals surface area contributed by atoms with E-state index >= 15 is 0 Å². The van der Waals surface area contributed by atoms with E-state index in [1.54, 1.807) is 0 Å². The number of carbonyl (C=O) groups excluding carboxylic acids is 3. The second-order valence-electron chi connectivity index (χ2n) is 23.8. The monoisotopic (exact) mass is 1120 g/mol. The zero-order chi connectivity index (χ0) is 57.8. The first-order valence-electron chi connectivity index (χ1n) is 35.3. The van der Waals surface area contributed by atoms with E-state index in [9.17, 15) is 14.4 Å². The van der Waals surface area contributed by atoms with E-state index < -0.39 is 6.10 Å². The first-order chi connectivity index (χ1) is 39.5. The lowest BCUT2D eigenvalue weighted by atomic mass is 10.0. The Bertz CT molecular complexity index is 1430. The molecule has 0 aromatic rings. The van der Waals surface area contributed by atoms with Crippen LogP contribution in [0.5, 0.6) is 0 Å². The molecule has 0 aliphatic carbocycles. The van der Waals surface area contributed by atoms with Gasteiger partial charge in [-0.05, 0) is 83.5 Å². The number of ether oxygens (including phenoxy) is 3. The zero-order valence-corrected chi connectivity index (χ0v) is 53.6. The molecule has 0 bridgehead atoms. The minimum atomic E-state index is -0.785. The van der Waals surface area contributed by atoms with Crippen molar-refractivity contribution in [3.05, 3.63) is 60.8 Å². The van der Waals surface area contributed by atoms with Crippen LogP contribution in [0.1, 0.15) is 374 Å². The largest absolute Gasteiger partial charge is 0.462 e. The quantitative estimate of drug-likeness (QED) is 0.0261. The third-order valence-electron chi connectivity index (χ3n) is 15.8. The lowest BCUT2D eigenvalue weighted by Crippen LogP contribution is -2.30. The maximum Gasteiger partial charge on any atom is 0.306 e. The molecule has 0 fully saturated rings. The van der Waals surface area contributed by atoms with Crippen LogP contribution in [0, 0.1) is 0 Å².